The summed E-state index contributed by atoms with van der Waals surface area (Å²) in [6.07, 6.45) is 5.17. The second kappa shape index (κ2) is 7.00. The summed E-state index contributed by atoms with van der Waals surface area (Å²) in [4.78, 5) is 46.8. The largest absolute Gasteiger partial charge is 0.478 e. The van der Waals surface area contributed by atoms with Gasteiger partial charge in [-0.1, -0.05) is 6.07 Å². The standard InChI is InChI=1S/C18H11N3O6/c22-16(23)11-8-21-15(18(26)27)12(13(11)17(24)25)10-4-2-6-20-14(10)9-3-1-5-19-7-9/h1-8H,(H,22,23)(H,24,25)(H,26,27). The number of nitrogens with zero attached hydrogens (tertiary/aromatic N) is 3. The van der Waals surface area contributed by atoms with Crippen molar-refractivity contribution in [2.75, 3.05) is 0 Å². The molecular weight excluding hydrogens is 354 g/mol. The first-order chi connectivity index (χ1) is 12.9. The molecule has 0 aliphatic heterocycles. The molecule has 9 nitrogen and oxygen atoms in total. The average molecular weight is 365 g/mol. The lowest BCUT2D eigenvalue weighted by molar-refractivity contribution is 0.0648. The summed E-state index contributed by atoms with van der Waals surface area (Å²) in [6, 6.07) is 6.24. The van der Waals surface area contributed by atoms with Crippen molar-refractivity contribution in [3.63, 3.8) is 0 Å². The summed E-state index contributed by atoms with van der Waals surface area (Å²) in [5, 5.41) is 28.4. The second-order valence-electron chi connectivity index (χ2n) is 5.33. The SMILES string of the molecule is O=C(O)c1cnc(C(=O)O)c(-c2cccnc2-c2cccnc2)c1C(=O)O. The van der Waals surface area contributed by atoms with E-state index in [2.05, 4.69) is 15.0 Å². The maximum absolute atomic E-state index is 11.8. The average Bonchev–Trinajstić information content (AvgIpc) is 2.67. The van der Waals surface area contributed by atoms with Crippen LogP contribution in [0.2, 0.25) is 0 Å². The minimum absolute atomic E-state index is 0.121. The van der Waals surface area contributed by atoms with E-state index in [0.717, 1.165) is 6.20 Å². The van der Waals surface area contributed by atoms with E-state index in [0.29, 0.717) is 5.56 Å². The number of aromatic carboxylic acids is 3. The van der Waals surface area contributed by atoms with E-state index >= 15 is 0 Å². The fourth-order valence-corrected chi connectivity index (χ4v) is 2.66. The predicted molar refractivity (Wildman–Crippen MR) is 91.6 cm³/mol. The molecule has 0 bridgehead atoms. The van der Waals surface area contributed by atoms with Gasteiger partial charge in [0.15, 0.2) is 5.69 Å². The molecule has 134 valence electrons. The van der Waals surface area contributed by atoms with Crippen molar-refractivity contribution in [1.82, 2.24) is 15.0 Å². The molecule has 0 spiro atoms. The van der Waals surface area contributed by atoms with Gasteiger partial charge in [0.2, 0.25) is 0 Å². The summed E-state index contributed by atoms with van der Waals surface area (Å²) >= 11 is 0. The smallest absolute Gasteiger partial charge is 0.355 e. The number of hydrogen-bond acceptors (Lipinski definition) is 6. The fraction of sp³-hybridized carbons (Fsp3) is 0. The third-order valence-corrected chi connectivity index (χ3v) is 3.74. The van der Waals surface area contributed by atoms with Crippen molar-refractivity contribution < 1.29 is 29.7 Å². The molecule has 3 rings (SSSR count). The summed E-state index contributed by atoms with van der Waals surface area (Å²) in [5.74, 6) is -4.62. The molecule has 0 aliphatic carbocycles. The number of hydrogen-bond donors (Lipinski definition) is 3. The zero-order chi connectivity index (χ0) is 19.6. The van der Waals surface area contributed by atoms with E-state index in [1.165, 1.54) is 30.7 Å². The summed E-state index contributed by atoms with van der Waals surface area (Å²) in [5.41, 5.74) is -1.34. The third-order valence-electron chi connectivity index (χ3n) is 3.74. The van der Waals surface area contributed by atoms with E-state index in [4.69, 9.17) is 0 Å². The molecule has 0 radical (unpaired) electrons. The van der Waals surface area contributed by atoms with Crippen LogP contribution in [0.4, 0.5) is 0 Å². The van der Waals surface area contributed by atoms with Gasteiger partial charge in [0, 0.05) is 41.5 Å². The quantitative estimate of drug-likeness (QED) is 0.618. The molecule has 0 amide bonds. The molecule has 3 aromatic heterocycles. The van der Waals surface area contributed by atoms with E-state index in [-0.39, 0.29) is 16.8 Å². The van der Waals surface area contributed by atoms with Crippen molar-refractivity contribution in [1.29, 1.82) is 0 Å². The highest BCUT2D eigenvalue weighted by Crippen LogP contribution is 2.35. The first-order valence-electron chi connectivity index (χ1n) is 7.50. The minimum Gasteiger partial charge on any atom is -0.478 e. The Morgan fingerprint density at radius 3 is 2.15 bits per heavy atom. The van der Waals surface area contributed by atoms with Gasteiger partial charge in [0.1, 0.15) is 0 Å². The molecule has 3 N–H and O–H groups in total. The molecule has 27 heavy (non-hydrogen) atoms. The first kappa shape index (κ1) is 17.7. The maximum atomic E-state index is 11.8. The van der Waals surface area contributed by atoms with Crippen molar-refractivity contribution in [2.24, 2.45) is 0 Å². The summed E-state index contributed by atoms with van der Waals surface area (Å²) in [7, 11) is 0. The number of pyridine rings is 3. The van der Waals surface area contributed by atoms with Gasteiger partial charge in [-0.15, -0.1) is 0 Å². The molecule has 0 atom stereocenters. The minimum atomic E-state index is -1.59. The Hall–Kier alpha value is -4.14. The molecule has 0 saturated heterocycles. The van der Waals surface area contributed by atoms with E-state index in [9.17, 15) is 29.7 Å². The third kappa shape index (κ3) is 3.21. The van der Waals surface area contributed by atoms with Gasteiger partial charge in [-0.05, 0) is 18.2 Å². The molecule has 9 heteroatoms. The van der Waals surface area contributed by atoms with E-state index in [1.54, 1.807) is 12.1 Å². The van der Waals surface area contributed by atoms with Gasteiger partial charge in [0.25, 0.3) is 0 Å². The van der Waals surface area contributed by atoms with E-state index in [1.807, 2.05) is 0 Å². The molecule has 0 aromatic carbocycles. The normalized spacial score (nSPS) is 10.4. The Morgan fingerprint density at radius 1 is 0.815 bits per heavy atom. The lowest BCUT2D eigenvalue weighted by atomic mass is 9.92. The number of carboxylic acid groups (broad SMARTS) is 3. The van der Waals surface area contributed by atoms with Crippen LogP contribution in [0.15, 0.2) is 49.1 Å². The second-order valence-corrected chi connectivity index (χ2v) is 5.33. The monoisotopic (exact) mass is 365 g/mol. The number of carbonyl (C=O) groups is 3. The number of rotatable bonds is 5. The van der Waals surface area contributed by atoms with E-state index < -0.39 is 34.7 Å². The van der Waals surface area contributed by atoms with Gasteiger partial charge in [-0.25, -0.2) is 19.4 Å². The summed E-state index contributed by atoms with van der Waals surface area (Å²) < 4.78 is 0. The lowest BCUT2D eigenvalue weighted by Gasteiger charge is -2.15. The van der Waals surface area contributed by atoms with Crippen LogP contribution >= 0.6 is 0 Å². The molecule has 3 heterocycles. The van der Waals surface area contributed by atoms with Crippen LogP contribution in [-0.2, 0) is 0 Å². The maximum Gasteiger partial charge on any atom is 0.355 e. The van der Waals surface area contributed by atoms with Crippen LogP contribution in [0.25, 0.3) is 22.4 Å². The zero-order valence-electron chi connectivity index (χ0n) is 13.5. The molecule has 0 fully saturated rings. The number of aromatic nitrogens is 3. The fourth-order valence-electron chi connectivity index (χ4n) is 2.66. The Labute approximate surface area is 151 Å². The van der Waals surface area contributed by atoms with Crippen LogP contribution in [0.1, 0.15) is 31.2 Å². The highest BCUT2D eigenvalue weighted by Gasteiger charge is 2.29. The highest BCUT2D eigenvalue weighted by molar-refractivity contribution is 6.11. The predicted octanol–water partition coefficient (Wildman–Crippen LogP) is 2.30. The topological polar surface area (TPSA) is 151 Å². The first-order valence-corrected chi connectivity index (χ1v) is 7.50. The molecule has 0 saturated carbocycles. The van der Waals surface area contributed by atoms with Crippen molar-refractivity contribution >= 4 is 17.9 Å². The van der Waals surface area contributed by atoms with Crippen LogP contribution in [-0.4, -0.2) is 48.2 Å². The van der Waals surface area contributed by atoms with Crippen LogP contribution < -0.4 is 0 Å². The van der Waals surface area contributed by atoms with Gasteiger partial charge < -0.3 is 15.3 Å². The molecular formula is C18H11N3O6. The van der Waals surface area contributed by atoms with Gasteiger partial charge >= 0.3 is 17.9 Å². The van der Waals surface area contributed by atoms with Gasteiger partial charge in [-0.2, -0.15) is 0 Å². The summed E-state index contributed by atoms with van der Waals surface area (Å²) in [6.45, 7) is 0. The molecule has 3 aromatic rings. The molecule has 0 unspecified atom stereocenters. The Morgan fingerprint density at radius 2 is 1.56 bits per heavy atom. The van der Waals surface area contributed by atoms with Crippen LogP contribution in [0.5, 0.6) is 0 Å². The van der Waals surface area contributed by atoms with Gasteiger partial charge in [0.05, 0.1) is 16.8 Å². The Balaban J connectivity index is 2.45. The van der Waals surface area contributed by atoms with Crippen LogP contribution in [0.3, 0.4) is 0 Å². The highest BCUT2D eigenvalue weighted by atomic mass is 16.4. The van der Waals surface area contributed by atoms with Crippen molar-refractivity contribution in [3.05, 3.63) is 65.9 Å². The molecule has 0 aliphatic rings. The van der Waals surface area contributed by atoms with Crippen molar-refractivity contribution in [2.45, 2.75) is 0 Å². The Bertz CT molecular complexity index is 1070. The van der Waals surface area contributed by atoms with Crippen molar-refractivity contribution in [3.8, 4) is 22.4 Å². The zero-order valence-corrected chi connectivity index (χ0v) is 13.5. The van der Waals surface area contributed by atoms with Crippen LogP contribution in [0, 0.1) is 0 Å². The lowest BCUT2D eigenvalue weighted by Crippen LogP contribution is -2.16. The van der Waals surface area contributed by atoms with Gasteiger partial charge in [-0.3, -0.25) is 9.97 Å². The Kier molecular flexibility index (Phi) is 4.58. The number of carboxylic acids is 3.